The van der Waals surface area contributed by atoms with Gasteiger partial charge in [0.2, 0.25) is 0 Å². The van der Waals surface area contributed by atoms with Crippen molar-refractivity contribution in [2.75, 3.05) is 20.3 Å². The molecule has 1 N–H and O–H groups in total. The van der Waals surface area contributed by atoms with Crippen LogP contribution in [0.5, 0.6) is 17.2 Å². The summed E-state index contributed by atoms with van der Waals surface area (Å²) >= 11 is 0. The van der Waals surface area contributed by atoms with E-state index in [1.807, 2.05) is 42.5 Å². The molecule has 20 heavy (non-hydrogen) atoms. The summed E-state index contributed by atoms with van der Waals surface area (Å²) in [5.41, 5.74) is 0. The van der Waals surface area contributed by atoms with E-state index in [9.17, 15) is 5.11 Å². The molecule has 0 aliphatic heterocycles. The number of para-hydroxylation sites is 1. The maximum atomic E-state index is 9.49. The van der Waals surface area contributed by atoms with Gasteiger partial charge in [0.15, 0.2) is 0 Å². The molecule has 1 atom stereocenters. The van der Waals surface area contributed by atoms with Crippen molar-refractivity contribution in [3.05, 3.63) is 54.6 Å². The second kappa shape index (κ2) is 7.53. The minimum atomic E-state index is -0.625. The van der Waals surface area contributed by atoms with E-state index in [2.05, 4.69) is 0 Å². The Morgan fingerprint density at radius 1 is 0.850 bits per heavy atom. The van der Waals surface area contributed by atoms with Crippen molar-refractivity contribution in [2.24, 2.45) is 0 Å². The Bertz CT molecular complexity index is 496. The third-order valence-electron chi connectivity index (χ3n) is 2.60. The van der Waals surface area contributed by atoms with Crippen LogP contribution in [0.25, 0.3) is 0 Å². The van der Waals surface area contributed by atoms with Crippen LogP contribution in [0.3, 0.4) is 0 Å². The first-order valence-corrected chi connectivity index (χ1v) is 6.40. The van der Waals surface area contributed by atoms with Crippen molar-refractivity contribution in [2.45, 2.75) is 6.10 Å². The maximum absolute atomic E-state index is 9.49. The van der Waals surface area contributed by atoms with Gasteiger partial charge >= 0.3 is 0 Å². The van der Waals surface area contributed by atoms with Gasteiger partial charge in [-0.1, -0.05) is 18.2 Å². The van der Waals surface area contributed by atoms with Gasteiger partial charge in [-0.2, -0.15) is 0 Å². The van der Waals surface area contributed by atoms with Gasteiger partial charge in [0.1, 0.15) is 30.0 Å². The first kappa shape index (κ1) is 14.4. The highest BCUT2D eigenvalue weighted by Gasteiger charge is 2.04. The molecule has 0 saturated carbocycles. The van der Waals surface area contributed by atoms with E-state index in [0.29, 0.717) is 5.75 Å². The summed E-state index contributed by atoms with van der Waals surface area (Å²) in [6.07, 6.45) is -0.625. The number of hydrogen-bond acceptors (Lipinski definition) is 4. The molecule has 0 radical (unpaired) electrons. The third kappa shape index (κ3) is 4.57. The summed E-state index contributed by atoms with van der Waals surface area (Å²) < 4.78 is 15.9. The minimum Gasteiger partial charge on any atom is -0.491 e. The highest BCUT2D eigenvalue weighted by atomic mass is 16.5. The van der Waals surface area contributed by atoms with Crippen LogP contribution in [0.2, 0.25) is 0 Å². The smallest absolute Gasteiger partial charge is 0.127 e. The van der Waals surface area contributed by atoms with Gasteiger partial charge in [-0.05, 0) is 36.4 Å². The Labute approximate surface area is 118 Å². The molecular formula is C16H18O4. The van der Waals surface area contributed by atoms with Crippen LogP contribution < -0.4 is 9.47 Å². The molecule has 4 heteroatoms. The van der Waals surface area contributed by atoms with E-state index in [0.717, 1.165) is 11.5 Å². The molecule has 0 aliphatic rings. The molecule has 2 rings (SSSR count). The van der Waals surface area contributed by atoms with Crippen LogP contribution in [0, 0.1) is 0 Å². The molecule has 0 saturated heterocycles. The lowest BCUT2D eigenvalue weighted by Crippen LogP contribution is -2.22. The highest BCUT2D eigenvalue weighted by Crippen LogP contribution is 2.23. The zero-order chi connectivity index (χ0) is 14.2. The quantitative estimate of drug-likeness (QED) is 0.843. The molecular weight excluding hydrogens is 256 g/mol. The lowest BCUT2D eigenvalue weighted by Gasteiger charge is -2.12. The highest BCUT2D eigenvalue weighted by molar-refractivity contribution is 5.35. The molecule has 0 spiro atoms. The number of aliphatic hydroxyl groups is 1. The van der Waals surface area contributed by atoms with Crippen LogP contribution in [0.1, 0.15) is 0 Å². The number of rotatable bonds is 7. The van der Waals surface area contributed by atoms with Crippen molar-refractivity contribution in [1.29, 1.82) is 0 Å². The molecule has 2 aromatic rings. The number of aliphatic hydroxyl groups excluding tert-OH is 1. The zero-order valence-electron chi connectivity index (χ0n) is 11.4. The second-order valence-corrected chi connectivity index (χ2v) is 4.31. The lowest BCUT2D eigenvalue weighted by molar-refractivity contribution is 0.0325. The average molecular weight is 274 g/mol. The van der Waals surface area contributed by atoms with Crippen molar-refractivity contribution < 1.29 is 19.3 Å². The molecule has 0 aromatic heterocycles. The standard InChI is InChI=1S/C16H18O4/c1-18-11-13(17)12-19-14-7-9-16(10-8-14)20-15-5-3-2-4-6-15/h2-10,13,17H,11-12H2,1H3. The van der Waals surface area contributed by atoms with Crippen LogP contribution >= 0.6 is 0 Å². The Morgan fingerprint density at radius 2 is 1.45 bits per heavy atom. The van der Waals surface area contributed by atoms with Crippen LogP contribution in [0.15, 0.2) is 54.6 Å². The van der Waals surface area contributed by atoms with E-state index < -0.39 is 6.10 Å². The summed E-state index contributed by atoms with van der Waals surface area (Å²) in [6, 6.07) is 16.8. The molecule has 4 nitrogen and oxygen atoms in total. The summed E-state index contributed by atoms with van der Waals surface area (Å²) in [7, 11) is 1.54. The predicted octanol–water partition coefficient (Wildman–Crippen LogP) is 2.87. The summed E-state index contributed by atoms with van der Waals surface area (Å²) in [5, 5.41) is 9.49. The number of hydrogen-bond donors (Lipinski definition) is 1. The van der Waals surface area contributed by atoms with Gasteiger partial charge in [0.25, 0.3) is 0 Å². The first-order valence-electron chi connectivity index (χ1n) is 6.40. The van der Waals surface area contributed by atoms with Gasteiger partial charge in [0, 0.05) is 7.11 Å². The summed E-state index contributed by atoms with van der Waals surface area (Å²) in [5.74, 6) is 2.21. The SMILES string of the molecule is COCC(O)COc1ccc(Oc2ccccc2)cc1. The van der Waals surface area contributed by atoms with Gasteiger partial charge in [-0.25, -0.2) is 0 Å². The van der Waals surface area contributed by atoms with Crippen LogP contribution in [-0.4, -0.2) is 31.5 Å². The molecule has 106 valence electrons. The summed E-state index contributed by atoms with van der Waals surface area (Å²) in [6.45, 7) is 0.460. The fourth-order valence-corrected chi connectivity index (χ4v) is 1.66. The number of ether oxygens (including phenoxy) is 3. The van der Waals surface area contributed by atoms with Crippen LogP contribution in [0.4, 0.5) is 0 Å². The minimum absolute atomic E-state index is 0.201. The molecule has 1 unspecified atom stereocenters. The van der Waals surface area contributed by atoms with Crippen LogP contribution in [-0.2, 0) is 4.74 Å². The Kier molecular flexibility index (Phi) is 5.41. The maximum Gasteiger partial charge on any atom is 0.127 e. The van der Waals surface area contributed by atoms with Gasteiger partial charge in [0.05, 0.1) is 6.61 Å². The molecule has 0 fully saturated rings. The normalized spacial score (nSPS) is 11.9. The van der Waals surface area contributed by atoms with Crippen molar-refractivity contribution in [3.8, 4) is 17.2 Å². The monoisotopic (exact) mass is 274 g/mol. The Morgan fingerprint density at radius 3 is 2.10 bits per heavy atom. The van der Waals surface area contributed by atoms with Crippen molar-refractivity contribution in [1.82, 2.24) is 0 Å². The molecule has 0 aliphatic carbocycles. The zero-order valence-corrected chi connectivity index (χ0v) is 11.4. The Balaban J connectivity index is 1.87. The fourth-order valence-electron chi connectivity index (χ4n) is 1.66. The Hall–Kier alpha value is -2.04. The van der Waals surface area contributed by atoms with Gasteiger partial charge in [-0.3, -0.25) is 0 Å². The molecule has 0 amide bonds. The topological polar surface area (TPSA) is 47.9 Å². The predicted molar refractivity (Wildman–Crippen MR) is 76.3 cm³/mol. The number of methoxy groups -OCH3 is 1. The van der Waals surface area contributed by atoms with Crippen molar-refractivity contribution >= 4 is 0 Å². The fraction of sp³-hybridized carbons (Fsp3) is 0.250. The number of benzene rings is 2. The van der Waals surface area contributed by atoms with E-state index in [-0.39, 0.29) is 13.2 Å². The van der Waals surface area contributed by atoms with E-state index in [4.69, 9.17) is 14.2 Å². The third-order valence-corrected chi connectivity index (χ3v) is 2.60. The molecule has 0 bridgehead atoms. The largest absolute Gasteiger partial charge is 0.491 e. The lowest BCUT2D eigenvalue weighted by atomic mass is 10.3. The van der Waals surface area contributed by atoms with Crippen molar-refractivity contribution in [3.63, 3.8) is 0 Å². The average Bonchev–Trinajstić information content (AvgIpc) is 2.48. The van der Waals surface area contributed by atoms with E-state index >= 15 is 0 Å². The second-order valence-electron chi connectivity index (χ2n) is 4.31. The first-order chi connectivity index (χ1) is 9.78. The molecule has 2 aromatic carbocycles. The summed E-state index contributed by atoms with van der Waals surface area (Å²) in [4.78, 5) is 0. The van der Waals surface area contributed by atoms with Gasteiger partial charge in [-0.15, -0.1) is 0 Å². The van der Waals surface area contributed by atoms with E-state index in [1.165, 1.54) is 0 Å². The van der Waals surface area contributed by atoms with Gasteiger partial charge < -0.3 is 19.3 Å². The molecule has 0 heterocycles. The van der Waals surface area contributed by atoms with E-state index in [1.54, 1.807) is 19.2 Å².